The Balaban J connectivity index is 1.61. The average Bonchev–Trinajstić information content (AvgIpc) is 2.89. The molecule has 0 radical (unpaired) electrons. The van der Waals surface area contributed by atoms with E-state index < -0.39 is 0 Å². The first-order valence-corrected chi connectivity index (χ1v) is 10.2. The highest BCUT2D eigenvalue weighted by atomic mass is 14.6. The van der Waals surface area contributed by atoms with Crippen molar-refractivity contribution in [2.45, 2.75) is 78.6 Å². The molecule has 126 valence electrons. The molecule has 5 unspecified atom stereocenters. The SMILES string of the molecule is CCC/C=C1/CCC2C3CCC4CC(C)=CC=C4C3CCC12C. The van der Waals surface area contributed by atoms with Gasteiger partial charge in [-0.3, -0.25) is 0 Å². The van der Waals surface area contributed by atoms with Crippen LogP contribution in [0.1, 0.15) is 78.6 Å². The maximum absolute atomic E-state index is 2.62. The number of allylic oxidation sites excluding steroid dienone is 6. The van der Waals surface area contributed by atoms with Gasteiger partial charge in [-0.1, -0.05) is 55.2 Å². The number of fused-ring (bicyclic) bond motifs is 5. The van der Waals surface area contributed by atoms with Gasteiger partial charge in [0.15, 0.2) is 0 Å². The second-order valence-electron chi connectivity index (χ2n) is 9.05. The smallest absolute Gasteiger partial charge is 0.00850 e. The predicted octanol–water partition coefficient (Wildman–Crippen LogP) is 6.84. The molecule has 23 heavy (non-hydrogen) atoms. The van der Waals surface area contributed by atoms with Gasteiger partial charge in [0.2, 0.25) is 0 Å². The van der Waals surface area contributed by atoms with Crippen molar-refractivity contribution in [3.8, 4) is 0 Å². The summed E-state index contributed by atoms with van der Waals surface area (Å²) >= 11 is 0. The van der Waals surface area contributed by atoms with Gasteiger partial charge in [-0.2, -0.15) is 0 Å². The number of rotatable bonds is 2. The Morgan fingerprint density at radius 3 is 2.87 bits per heavy atom. The molecule has 4 rings (SSSR count). The molecule has 4 aliphatic rings. The maximum atomic E-state index is 2.62. The van der Waals surface area contributed by atoms with Crippen LogP contribution < -0.4 is 0 Å². The molecule has 5 atom stereocenters. The molecule has 4 aliphatic carbocycles. The van der Waals surface area contributed by atoms with Crippen LogP contribution in [0.3, 0.4) is 0 Å². The van der Waals surface area contributed by atoms with Gasteiger partial charge in [0.25, 0.3) is 0 Å². The Morgan fingerprint density at radius 2 is 2.04 bits per heavy atom. The zero-order chi connectivity index (χ0) is 16.0. The third-order valence-corrected chi connectivity index (χ3v) is 7.84. The highest BCUT2D eigenvalue weighted by Crippen LogP contribution is 2.63. The summed E-state index contributed by atoms with van der Waals surface area (Å²) in [6.45, 7) is 7.25. The molecule has 3 saturated carbocycles. The first-order valence-electron chi connectivity index (χ1n) is 10.2. The van der Waals surface area contributed by atoms with Crippen molar-refractivity contribution in [2.24, 2.45) is 29.1 Å². The van der Waals surface area contributed by atoms with E-state index in [0.717, 1.165) is 23.7 Å². The van der Waals surface area contributed by atoms with E-state index >= 15 is 0 Å². The molecule has 0 aliphatic heterocycles. The van der Waals surface area contributed by atoms with Crippen LogP contribution in [-0.2, 0) is 0 Å². The Bertz CT molecular complexity index is 561. The quantitative estimate of drug-likeness (QED) is 0.490. The lowest BCUT2D eigenvalue weighted by Crippen LogP contribution is -2.43. The predicted molar refractivity (Wildman–Crippen MR) is 99.2 cm³/mol. The zero-order valence-corrected chi connectivity index (χ0v) is 15.4. The molecule has 0 heteroatoms. The lowest BCUT2D eigenvalue weighted by molar-refractivity contribution is 0.0455. The Hall–Kier alpha value is -0.780. The van der Waals surface area contributed by atoms with E-state index in [9.17, 15) is 0 Å². The summed E-state index contributed by atoms with van der Waals surface area (Å²) in [5.74, 6) is 3.76. The third-order valence-electron chi connectivity index (χ3n) is 7.84. The average molecular weight is 311 g/mol. The number of unbranched alkanes of at least 4 members (excludes halogenated alkanes) is 1. The van der Waals surface area contributed by atoms with Crippen molar-refractivity contribution in [3.05, 3.63) is 34.9 Å². The van der Waals surface area contributed by atoms with Crippen molar-refractivity contribution in [3.63, 3.8) is 0 Å². The van der Waals surface area contributed by atoms with Crippen molar-refractivity contribution >= 4 is 0 Å². The topological polar surface area (TPSA) is 0 Å². The van der Waals surface area contributed by atoms with Gasteiger partial charge >= 0.3 is 0 Å². The second kappa shape index (κ2) is 5.94. The lowest BCUT2D eigenvalue weighted by atomic mass is 9.53. The summed E-state index contributed by atoms with van der Waals surface area (Å²) in [6, 6.07) is 0. The molecule has 0 heterocycles. The molecule has 0 bridgehead atoms. The van der Waals surface area contributed by atoms with Crippen molar-refractivity contribution in [2.75, 3.05) is 0 Å². The second-order valence-corrected chi connectivity index (χ2v) is 9.05. The molecule has 0 amide bonds. The highest BCUT2D eigenvalue weighted by Gasteiger charge is 2.53. The van der Waals surface area contributed by atoms with E-state index in [1.165, 1.54) is 57.8 Å². The number of hydrogen-bond acceptors (Lipinski definition) is 0. The van der Waals surface area contributed by atoms with E-state index in [-0.39, 0.29) is 0 Å². The van der Waals surface area contributed by atoms with Gasteiger partial charge in [0.05, 0.1) is 0 Å². The minimum atomic E-state index is 0.546. The van der Waals surface area contributed by atoms with Crippen molar-refractivity contribution in [1.29, 1.82) is 0 Å². The van der Waals surface area contributed by atoms with Crippen LogP contribution in [0.2, 0.25) is 0 Å². The monoisotopic (exact) mass is 310 g/mol. The van der Waals surface area contributed by atoms with E-state index in [2.05, 4.69) is 39.0 Å². The van der Waals surface area contributed by atoms with Gasteiger partial charge in [-0.05, 0) is 87.4 Å². The van der Waals surface area contributed by atoms with Crippen LogP contribution in [0, 0.1) is 29.1 Å². The van der Waals surface area contributed by atoms with Gasteiger partial charge in [-0.25, -0.2) is 0 Å². The van der Waals surface area contributed by atoms with Crippen LogP contribution in [0.5, 0.6) is 0 Å². The minimum Gasteiger partial charge on any atom is -0.0848 e. The Labute approximate surface area is 143 Å². The van der Waals surface area contributed by atoms with E-state index in [1.54, 1.807) is 5.57 Å². The summed E-state index contributed by atoms with van der Waals surface area (Å²) in [7, 11) is 0. The summed E-state index contributed by atoms with van der Waals surface area (Å²) in [5.41, 5.74) is 5.83. The number of hydrogen-bond donors (Lipinski definition) is 0. The van der Waals surface area contributed by atoms with Crippen molar-refractivity contribution in [1.82, 2.24) is 0 Å². The summed E-state index contributed by atoms with van der Waals surface area (Å²) in [6.07, 6.45) is 20.2. The summed E-state index contributed by atoms with van der Waals surface area (Å²) in [4.78, 5) is 0. The molecule has 0 aromatic rings. The van der Waals surface area contributed by atoms with Crippen LogP contribution in [0.25, 0.3) is 0 Å². The zero-order valence-electron chi connectivity index (χ0n) is 15.4. The Morgan fingerprint density at radius 1 is 1.17 bits per heavy atom. The van der Waals surface area contributed by atoms with Crippen molar-refractivity contribution < 1.29 is 0 Å². The fourth-order valence-corrected chi connectivity index (χ4v) is 6.64. The van der Waals surface area contributed by atoms with Gasteiger partial charge in [0, 0.05) is 0 Å². The first kappa shape index (κ1) is 15.7. The van der Waals surface area contributed by atoms with Crippen LogP contribution in [0.15, 0.2) is 34.9 Å². The van der Waals surface area contributed by atoms with E-state index in [4.69, 9.17) is 0 Å². The Kier molecular flexibility index (Phi) is 4.06. The summed E-state index contributed by atoms with van der Waals surface area (Å²) in [5, 5.41) is 0. The molecule has 0 aromatic carbocycles. The van der Waals surface area contributed by atoms with Gasteiger partial charge in [-0.15, -0.1) is 0 Å². The fraction of sp³-hybridized carbons (Fsp3) is 0.739. The standard InChI is InChI=1S/C23H34/c1-4-5-6-18-9-12-22-21-11-8-17-15-16(2)7-10-19(17)20(21)13-14-23(18,22)3/h6-7,10,17,20-22H,4-5,8-9,11-15H2,1-3H3/b18-6-. The van der Waals surface area contributed by atoms with Crippen LogP contribution >= 0.6 is 0 Å². The van der Waals surface area contributed by atoms with Gasteiger partial charge in [0.1, 0.15) is 0 Å². The minimum absolute atomic E-state index is 0.546. The van der Waals surface area contributed by atoms with Gasteiger partial charge < -0.3 is 0 Å². The molecule has 3 fully saturated rings. The molecular weight excluding hydrogens is 276 g/mol. The maximum Gasteiger partial charge on any atom is -0.00850 e. The third kappa shape index (κ3) is 2.48. The molecule has 0 aromatic heterocycles. The molecule has 0 N–H and O–H groups in total. The van der Waals surface area contributed by atoms with E-state index in [0.29, 0.717) is 5.41 Å². The fourth-order valence-electron chi connectivity index (χ4n) is 6.64. The molecule has 0 spiro atoms. The molecular formula is C23H34. The normalized spacial score (nSPS) is 44.2. The largest absolute Gasteiger partial charge is 0.0848 e. The van der Waals surface area contributed by atoms with Crippen LogP contribution in [-0.4, -0.2) is 0 Å². The summed E-state index contributed by atoms with van der Waals surface area (Å²) < 4.78 is 0. The lowest BCUT2D eigenvalue weighted by Gasteiger charge is -2.52. The first-order chi connectivity index (χ1) is 11.1. The highest BCUT2D eigenvalue weighted by molar-refractivity contribution is 5.32. The van der Waals surface area contributed by atoms with Crippen LogP contribution in [0.4, 0.5) is 0 Å². The molecule has 0 saturated heterocycles. The molecule has 0 nitrogen and oxygen atoms in total. The van der Waals surface area contributed by atoms with E-state index in [1.807, 2.05) is 11.1 Å².